The molecule has 190 valence electrons. The van der Waals surface area contributed by atoms with Crippen molar-refractivity contribution in [3.63, 3.8) is 0 Å². The molecule has 0 saturated carbocycles. The highest BCUT2D eigenvalue weighted by molar-refractivity contribution is 5.90. The maximum absolute atomic E-state index is 13.0. The summed E-state index contributed by atoms with van der Waals surface area (Å²) in [5, 5.41) is 3.16. The first-order valence-electron chi connectivity index (χ1n) is 14.3. The van der Waals surface area contributed by atoms with Gasteiger partial charge in [0.15, 0.2) is 0 Å². The second-order valence-corrected chi connectivity index (χ2v) is 9.89. The van der Waals surface area contributed by atoms with Crippen LogP contribution >= 0.6 is 0 Å². The van der Waals surface area contributed by atoms with Crippen LogP contribution in [0.25, 0.3) is 0 Å². The summed E-state index contributed by atoms with van der Waals surface area (Å²) in [4.78, 5) is 15.1. The van der Waals surface area contributed by atoms with E-state index >= 15 is 0 Å². The number of rotatable bonds is 21. The van der Waals surface area contributed by atoms with Crippen LogP contribution in [-0.4, -0.2) is 24.0 Å². The normalized spacial score (nSPS) is 11.0. The Bertz CT molecular complexity index is 564. The predicted molar refractivity (Wildman–Crippen MR) is 146 cm³/mol. The Kier molecular flexibility index (Phi) is 18.8. The first-order valence-corrected chi connectivity index (χ1v) is 14.3. The van der Waals surface area contributed by atoms with Crippen molar-refractivity contribution in [3.05, 3.63) is 29.8 Å². The van der Waals surface area contributed by atoms with Crippen LogP contribution in [0.4, 0.5) is 10.5 Å². The Morgan fingerprint density at radius 1 is 0.636 bits per heavy atom. The highest BCUT2D eigenvalue weighted by Crippen LogP contribution is 2.16. The number of amides is 2. The van der Waals surface area contributed by atoms with Gasteiger partial charge in [0.2, 0.25) is 0 Å². The van der Waals surface area contributed by atoms with Crippen LogP contribution in [0.1, 0.15) is 135 Å². The van der Waals surface area contributed by atoms with E-state index in [2.05, 4.69) is 37.1 Å². The molecule has 0 spiro atoms. The van der Waals surface area contributed by atoms with Crippen LogP contribution in [0.3, 0.4) is 0 Å². The number of nitrogens with one attached hydrogen (secondary N) is 1. The van der Waals surface area contributed by atoms with Crippen LogP contribution in [0.2, 0.25) is 0 Å². The number of hydrogen-bond acceptors (Lipinski definition) is 1. The van der Waals surface area contributed by atoms with E-state index in [-0.39, 0.29) is 6.03 Å². The molecule has 1 rings (SSSR count). The number of nitrogens with zero attached hydrogens (tertiary/aromatic N) is 1. The van der Waals surface area contributed by atoms with Gasteiger partial charge in [0.25, 0.3) is 0 Å². The van der Waals surface area contributed by atoms with Gasteiger partial charge in [0.1, 0.15) is 0 Å². The lowest BCUT2D eigenvalue weighted by atomic mass is 10.1. The number of hydrogen-bond donors (Lipinski definition) is 1. The fourth-order valence-electron chi connectivity index (χ4n) is 4.45. The lowest BCUT2D eigenvalue weighted by Gasteiger charge is -2.24. The zero-order chi connectivity index (χ0) is 24.0. The van der Waals surface area contributed by atoms with Crippen molar-refractivity contribution in [1.29, 1.82) is 0 Å². The van der Waals surface area contributed by atoms with E-state index in [1.807, 2.05) is 18.2 Å². The number of para-hydroxylation sites is 1. The molecule has 2 amide bonds. The maximum Gasteiger partial charge on any atom is 0.321 e. The number of aryl methyl sites for hydroxylation is 1. The smallest absolute Gasteiger partial charge is 0.321 e. The second-order valence-electron chi connectivity index (χ2n) is 9.89. The van der Waals surface area contributed by atoms with Gasteiger partial charge in [0, 0.05) is 18.8 Å². The second kappa shape index (κ2) is 21.1. The number of unbranched alkanes of at least 4 members (excludes halogenated alkanes) is 16. The molecule has 0 aliphatic heterocycles. The van der Waals surface area contributed by atoms with E-state index in [0.717, 1.165) is 37.2 Å². The van der Waals surface area contributed by atoms with Crippen molar-refractivity contribution in [2.75, 3.05) is 18.4 Å². The molecule has 0 aliphatic rings. The van der Waals surface area contributed by atoms with E-state index in [1.165, 1.54) is 103 Å². The quantitative estimate of drug-likeness (QED) is 0.183. The molecule has 3 nitrogen and oxygen atoms in total. The molecule has 0 fully saturated rings. The molecule has 1 N–H and O–H groups in total. The lowest BCUT2D eigenvalue weighted by Crippen LogP contribution is -2.36. The van der Waals surface area contributed by atoms with Gasteiger partial charge >= 0.3 is 6.03 Å². The third kappa shape index (κ3) is 15.9. The summed E-state index contributed by atoms with van der Waals surface area (Å²) in [6, 6.07) is 8.15. The molecule has 1 aromatic carbocycles. The Morgan fingerprint density at radius 3 is 1.45 bits per heavy atom. The van der Waals surface area contributed by atoms with Gasteiger partial charge in [-0.15, -0.1) is 0 Å². The van der Waals surface area contributed by atoms with Crippen LogP contribution in [-0.2, 0) is 0 Å². The first-order chi connectivity index (χ1) is 16.2. The van der Waals surface area contributed by atoms with E-state index in [4.69, 9.17) is 0 Å². The standard InChI is InChI=1S/C30H54N2O/c1-4-6-8-10-12-14-16-18-22-26-32(27-23-19-17-15-13-11-9-7-5-2)30(33)31-29-25-21-20-24-28(29)3/h20-21,24-25H,4-19,22-23,26-27H2,1-3H3,(H,31,33). The van der Waals surface area contributed by atoms with Crippen LogP contribution in [0, 0.1) is 6.92 Å². The van der Waals surface area contributed by atoms with Gasteiger partial charge < -0.3 is 10.2 Å². The summed E-state index contributed by atoms with van der Waals surface area (Å²) in [7, 11) is 0. The van der Waals surface area contributed by atoms with Gasteiger partial charge in [-0.2, -0.15) is 0 Å². The molecule has 0 atom stereocenters. The minimum atomic E-state index is 0.0726. The van der Waals surface area contributed by atoms with Gasteiger partial charge in [-0.05, 0) is 31.4 Å². The van der Waals surface area contributed by atoms with Crippen molar-refractivity contribution in [2.45, 2.75) is 136 Å². The molecule has 33 heavy (non-hydrogen) atoms. The van der Waals surface area contributed by atoms with Gasteiger partial charge in [-0.1, -0.05) is 135 Å². The first kappa shape index (κ1) is 29.5. The van der Waals surface area contributed by atoms with Crippen LogP contribution in [0.15, 0.2) is 24.3 Å². The molecular weight excluding hydrogens is 404 g/mol. The van der Waals surface area contributed by atoms with Gasteiger partial charge in [-0.25, -0.2) is 4.79 Å². The third-order valence-corrected chi connectivity index (χ3v) is 6.74. The summed E-state index contributed by atoms with van der Waals surface area (Å²) < 4.78 is 0. The van der Waals surface area contributed by atoms with Crippen LogP contribution < -0.4 is 5.32 Å². The Labute approximate surface area is 206 Å². The molecule has 0 radical (unpaired) electrons. The van der Waals surface area contributed by atoms with E-state index in [1.54, 1.807) is 0 Å². The third-order valence-electron chi connectivity index (χ3n) is 6.74. The molecule has 0 heterocycles. The molecule has 3 heteroatoms. The van der Waals surface area contributed by atoms with Crippen molar-refractivity contribution < 1.29 is 4.79 Å². The molecule has 0 aliphatic carbocycles. The lowest BCUT2D eigenvalue weighted by molar-refractivity contribution is 0.209. The number of carbonyl (C=O) groups excluding carboxylic acids is 1. The van der Waals surface area contributed by atoms with Crippen molar-refractivity contribution in [1.82, 2.24) is 4.90 Å². The van der Waals surface area contributed by atoms with Gasteiger partial charge in [-0.3, -0.25) is 0 Å². The van der Waals surface area contributed by atoms with E-state index in [0.29, 0.717) is 0 Å². The van der Waals surface area contributed by atoms with E-state index < -0.39 is 0 Å². The number of urea groups is 1. The Morgan fingerprint density at radius 2 is 1.03 bits per heavy atom. The fraction of sp³-hybridized carbons (Fsp3) is 0.767. The SMILES string of the molecule is CCCCCCCCCCCN(CCCCCCCCCCC)C(=O)Nc1ccccc1C. The Balaban J connectivity index is 2.32. The highest BCUT2D eigenvalue weighted by Gasteiger charge is 2.14. The summed E-state index contributed by atoms with van der Waals surface area (Å²) in [5.41, 5.74) is 2.06. The molecular formula is C30H54N2O. The molecule has 0 bridgehead atoms. The molecule has 0 saturated heterocycles. The average molecular weight is 459 g/mol. The summed E-state index contributed by atoms with van der Waals surface area (Å²) >= 11 is 0. The fourth-order valence-corrected chi connectivity index (χ4v) is 4.45. The molecule has 0 unspecified atom stereocenters. The van der Waals surface area contributed by atoms with Gasteiger partial charge in [0.05, 0.1) is 0 Å². The molecule has 0 aromatic heterocycles. The summed E-state index contributed by atoms with van der Waals surface area (Å²) in [5.74, 6) is 0. The minimum absolute atomic E-state index is 0.0726. The molecule has 1 aromatic rings. The number of carbonyl (C=O) groups is 1. The maximum atomic E-state index is 13.0. The van der Waals surface area contributed by atoms with Crippen LogP contribution in [0.5, 0.6) is 0 Å². The zero-order valence-electron chi connectivity index (χ0n) is 22.3. The largest absolute Gasteiger partial charge is 0.325 e. The number of benzene rings is 1. The Hall–Kier alpha value is -1.51. The monoisotopic (exact) mass is 458 g/mol. The predicted octanol–water partition coefficient (Wildman–Crippen LogP) is 9.89. The number of anilines is 1. The summed E-state index contributed by atoms with van der Waals surface area (Å²) in [6.45, 7) is 8.36. The van der Waals surface area contributed by atoms with Crippen molar-refractivity contribution >= 4 is 11.7 Å². The van der Waals surface area contributed by atoms with Crippen molar-refractivity contribution in [3.8, 4) is 0 Å². The zero-order valence-corrected chi connectivity index (χ0v) is 22.3. The average Bonchev–Trinajstić information content (AvgIpc) is 2.82. The minimum Gasteiger partial charge on any atom is -0.325 e. The topological polar surface area (TPSA) is 32.3 Å². The summed E-state index contributed by atoms with van der Waals surface area (Å²) in [6.07, 6.45) is 23.7. The highest BCUT2D eigenvalue weighted by atomic mass is 16.2. The van der Waals surface area contributed by atoms with E-state index in [9.17, 15) is 4.79 Å². The van der Waals surface area contributed by atoms with Crippen molar-refractivity contribution in [2.24, 2.45) is 0 Å².